The molecule has 6 aromatic rings. The van der Waals surface area contributed by atoms with Gasteiger partial charge < -0.3 is 9.47 Å². The van der Waals surface area contributed by atoms with Gasteiger partial charge in [-0.1, -0.05) is 84.9 Å². The normalized spacial score (nSPS) is 12.2. The predicted molar refractivity (Wildman–Crippen MR) is 166 cm³/mol. The molecule has 4 heteroatoms. The molecule has 0 aliphatic rings. The fraction of sp³-hybridized carbons (Fsp3) is 0.0556. The second-order valence-electron chi connectivity index (χ2n) is 9.59. The predicted octanol–water partition coefficient (Wildman–Crippen LogP) is 9.69. The van der Waals surface area contributed by atoms with Crippen LogP contribution in [0.5, 0.6) is 0 Å². The van der Waals surface area contributed by atoms with Crippen LogP contribution in [-0.2, 0) is 0 Å². The van der Waals surface area contributed by atoms with Crippen molar-refractivity contribution in [2.75, 3.05) is 4.90 Å². The van der Waals surface area contributed by atoms with Gasteiger partial charge in [-0.05, 0) is 60.2 Å². The molecule has 1 heterocycles. The third kappa shape index (κ3) is 4.29. The molecule has 6 rings (SSSR count). The van der Waals surface area contributed by atoms with Gasteiger partial charge in [0.2, 0.25) is 5.70 Å². The second-order valence-corrected chi connectivity index (χ2v) is 9.59. The molecule has 0 fully saturated rings. The molecule has 190 valence electrons. The lowest BCUT2D eigenvalue weighted by Gasteiger charge is -2.27. The van der Waals surface area contributed by atoms with Gasteiger partial charge in [-0.2, -0.15) is 5.26 Å². The molecule has 0 amide bonds. The zero-order chi connectivity index (χ0) is 27.5. The minimum absolute atomic E-state index is 0.156. The van der Waals surface area contributed by atoms with Gasteiger partial charge in [0, 0.05) is 33.5 Å². The summed E-state index contributed by atoms with van der Waals surface area (Å²) in [5.74, 6) is 0. The van der Waals surface area contributed by atoms with E-state index in [4.69, 9.17) is 6.57 Å². The summed E-state index contributed by atoms with van der Waals surface area (Å²) in [5.41, 5.74) is 5.98. The number of nitrogens with zero attached hydrogens (tertiary/aromatic N) is 4. The highest BCUT2D eigenvalue weighted by atomic mass is 15.2. The molecular formula is C36H26N4. The van der Waals surface area contributed by atoms with Crippen molar-refractivity contribution < 1.29 is 0 Å². The number of allylic oxidation sites excluding steroid dienone is 3. The van der Waals surface area contributed by atoms with Crippen molar-refractivity contribution in [3.63, 3.8) is 0 Å². The van der Waals surface area contributed by atoms with E-state index < -0.39 is 0 Å². The first-order valence-corrected chi connectivity index (χ1v) is 13.2. The van der Waals surface area contributed by atoms with Gasteiger partial charge in [0.15, 0.2) is 0 Å². The number of para-hydroxylation sites is 3. The summed E-state index contributed by atoms with van der Waals surface area (Å²) in [7, 11) is 0. The zero-order valence-electron chi connectivity index (χ0n) is 22.1. The van der Waals surface area contributed by atoms with Crippen molar-refractivity contribution in [3.8, 4) is 6.07 Å². The van der Waals surface area contributed by atoms with Gasteiger partial charge in [-0.25, -0.2) is 4.85 Å². The number of nitriles is 1. The highest BCUT2D eigenvalue weighted by Gasteiger charge is 2.18. The smallest absolute Gasteiger partial charge is 0.208 e. The average Bonchev–Trinajstić information content (AvgIpc) is 3.35. The fourth-order valence-electron chi connectivity index (χ4n) is 5.50. The van der Waals surface area contributed by atoms with E-state index in [-0.39, 0.29) is 6.42 Å². The van der Waals surface area contributed by atoms with Gasteiger partial charge in [-0.3, -0.25) is 0 Å². The summed E-state index contributed by atoms with van der Waals surface area (Å²) in [6, 6.07) is 43.4. The highest BCUT2D eigenvalue weighted by molar-refractivity contribution is 6.21. The molecule has 0 atom stereocenters. The molecule has 0 bridgehead atoms. The largest absolute Gasteiger partial charge is 0.324 e. The molecule has 0 radical (unpaired) electrons. The maximum absolute atomic E-state index is 9.93. The van der Waals surface area contributed by atoms with E-state index >= 15 is 0 Å². The van der Waals surface area contributed by atoms with Crippen molar-refractivity contribution in [1.82, 2.24) is 4.57 Å². The molecular weight excluding hydrogens is 488 g/mol. The quantitative estimate of drug-likeness (QED) is 0.164. The Morgan fingerprint density at radius 2 is 1.38 bits per heavy atom. The Bertz CT molecular complexity index is 1960. The fourth-order valence-corrected chi connectivity index (χ4v) is 5.50. The molecule has 1 aromatic heterocycles. The molecule has 4 nitrogen and oxygen atoms in total. The minimum Gasteiger partial charge on any atom is -0.324 e. The van der Waals surface area contributed by atoms with Crippen LogP contribution in [0.3, 0.4) is 0 Å². The maximum atomic E-state index is 9.93. The Labute approximate surface area is 233 Å². The van der Waals surface area contributed by atoms with Crippen molar-refractivity contribution in [1.29, 1.82) is 5.26 Å². The Kier molecular flexibility index (Phi) is 6.59. The first kappa shape index (κ1) is 24.7. The van der Waals surface area contributed by atoms with E-state index in [9.17, 15) is 5.26 Å². The maximum Gasteiger partial charge on any atom is 0.208 e. The topological polar surface area (TPSA) is 36.3 Å². The number of hydrogen-bond acceptors (Lipinski definition) is 2. The van der Waals surface area contributed by atoms with Crippen LogP contribution >= 0.6 is 0 Å². The molecule has 0 N–H and O–H groups in total. The molecule has 0 aliphatic heterocycles. The first-order chi connectivity index (χ1) is 19.7. The molecule has 0 spiro atoms. The molecule has 0 saturated heterocycles. The van der Waals surface area contributed by atoms with Gasteiger partial charge in [0.1, 0.15) is 0 Å². The Hall–Kier alpha value is -5.58. The third-order valence-electron chi connectivity index (χ3n) is 7.27. The summed E-state index contributed by atoms with van der Waals surface area (Å²) in [5, 5.41) is 14.5. The van der Waals surface area contributed by atoms with Crippen molar-refractivity contribution in [3.05, 3.63) is 150 Å². The van der Waals surface area contributed by atoms with Gasteiger partial charge in [0.25, 0.3) is 0 Å². The van der Waals surface area contributed by atoms with Gasteiger partial charge >= 0.3 is 0 Å². The number of anilines is 2. The summed E-state index contributed by atoms with van der Waals surface area (Å²) in [6.45, 7) is 10.2. The lowest BCUT2D eigenvalue weighted by molar-refractivity contribution is 1.11. The highest BCUT2D eigenvalue weighted by Crippen LogP contribution is 2.38. The molecule has 0 aliphatic carbocycles. The lowest BCUT2D eigenvalue weighted by atomic mass is 10.0. The Morgan fingerprint density at radius 3 is 2.02 bits per heavy atom. The number of fused-ring (bicyclic) bond motifs is 5. The van der Waals surface area contributed by atoms with E-state index in [0.717, 1.165) is 44.6 Å². The summed E-state index contributed by atoms with van der Waals surface area (Å²) >= 11 is 0. The summed E-state index contributed by atoms with van der Waals surface area (Å²) < 4.78 is 2.15. The lowest BCUT2D eigenvalue weighted by Crippen LogP contribution is -2.15. The van der Waals surface area contributed by atoms with Crippen LogP contribution in [0.15, 0.2) is 139 Å². The number of hydrogen-bond donors (Lipinski definition) is 0. The standard InChI is InChI=1S/C36H26N4/c1-26(39(28-14-5-3-6-15-28)29-16-7-4-8-17-29)33(38-2)25-30(23-24-37)40-34-20-12-11-19-32(34)36-31-18-10-9-13-27(31)21-22-35(36)40/h3-22,25H,23H2,1H3/b30-25+,33-26-. The van der Waals surface area contributed by atoms with Crippen molar-refractivity contribution in [2.24, 2.45) is 0 Å². The molecule has 0 unspecified atom stereocenters. The van der Waals surface area contributed by atoms with Crippen LogP contribution in [0.1, 0.15) is 13.3 Å². The number of aromatic nitrogens is 1. The van der Waals surface area contributed by atoms with Crippen molar-refractivity contribution in [2.45, 2.75) is 13.3 Å². The van der Waals surface area contributed by atoms with E-state index in [2.05, 4.69) is 68.9 Å². The van der Waals surface area contributed by atoms with Crippen LogP contribution in [0.4, 0.5) is 11.4 Å². The van der Waals surface area contributed by atoms with E-state index in [1.54, 1.807) is 0 Å². The van der Waals surface area contributed by atoms with Crippen LogP contribution in [0.2, 0.25) is 0 Å². The van der Waals surface area contributed by atoms with Crippen LogP contribution in [0.25, 0.3) is 43.1 Å². The van der Waals surface area contributed by atoms with Crippen LogP contribution in [0, 0.1) is 17.9 Å². The average molecular weight is 515 g/mol. The van der Waals surface area contributed by atoms with E-state index in [0.29, 0.717) is 5.70 Å². The van der Waals surface area contributed by atoms with E-state index in [1.165, 1.54) is 10.8 Å². The first-order valence-electron chi connectivity index (χ1n) is 13.2. The van der Waals surface area contributed by atoms with Crippen molar-refractivity contribution >= 4 is 49.7 Å². The number of benzene rings is 5. The molecule has 5 aromatic carbocycles. The van der Waals surface area contributed by atoms with Crippen LogP contribution in [-0.4, -0.2) is 4.57 Å². The second kappa shape index (κ2) is 10.7. The third-order valence-corrected chi connectivity index (χ3v) is 7.27. The monoisotopic (exact) mass is 514 g/mol. The summed E-state index contributed by atoms with van der Waals surface area (Å²) in [4.78, 5) is 6.08. The molecule has 0 saturated carbocycles. The van der Waals surface area contributed by atoms with Gasteiger partial charge in [-0.15, -0.1) is 0 Å². The Balaban J connectivity index is 1.62. The molecule has 40 heavy (non-hydrogen) atoms. The Morgan fingerprint density at radius 1 is 0.775 bits per heavy atom. The van der Waals surface area contributed by atoms with Gasteiger partial charge in [0.05, 0.1) is 30.1 Å². The minimum atomic E-state index is 0.156. The summed E-state index contributed by atoms with van der Waals surface area (Å²) in [6.07, 6.45) is 2.04. The number of rotatable bonds is 6. The SMILES string of the molecule is [C-]#[N+]C(/C=C(\CC#N)n1c2ccccc2c2c3ccccc3ccc21)=C(/C)N(c1ccccc1)c1ccccc1. The zero-order valence-corrected chi connectivity index (χ0v) is 22.1. The van der Waals surface area contributed by atoms with E-state index in [1.807, 2.05) is 85.8 Å². The van der Waals surface area contributed by atoms with Crippen LogP contribution < -0.4 is 4.90 Å².